The summed E-state index contributed by atoms with van der Waals surface area (Å²) in [6.45, 7) is 2.20. The van der Waals surface area contributed by atoms with Crippen LogP contribution >= 0.6 is 0 Å². The average Bonchev–Trinajstić information content (AvgIpc) is 2.11. The van der Waals surface area contributed by atoms with Crippen molar-refractivity contribution in [3.05, 3.63) is 0 Å². The minimum Gasteiger partial charge on any atom is -0.355 e. The zero-order valence-corrected chi connectivity index (χ0v) is 8.55. The lowest BCUT2D eigenvalue weighted by Crippen LogP contribution is -2.50. The molecular formula is C10H17N3O. The van der Waals surface area contributed by atoms with Crippen molar-refractivity contribution in [2.45, 2.75) is 38.1 Å². The highest BCUT2D eigenvalue weighted by Gasteiger charge is 2.34. The monoisotopic (exact) mass is 195 g/mol. The van der Waals surface area contributed by atoms with E-state index in [1.807, 2.05) is 0 Å². The van der Waals surface area contributed by atoms with E-state index in [4.69, 9.17) is 11.0 Å². The highest BCUT2D eigenvalue weighted by atomic mass is 16.1. The summed E-state index contributed by atoms with van der Waals surface area (Å²) in [5.74, 6) is -0.164. The number of carbonyl (C=O) groups excluding carboxylic acids is 1. The largest absolute Gasteiger partial charge is 0.355 e. The van der Waals surface area contributed by atoms with Crippen molar-refractivity contribution in [3.8, 4) is 6.07 Å². The number of amides is 1. The molecule has 0 saturated heterocycles. The second kappa shape index (κ2) is 4.43. The topological polar surface area (TPSA) is 78.9 Å². The van der Waals surface area contributed by atoms with Crippen molar-refractivity contribution < 1.29 is 4.79 Å². The summed E-state index contributed by atoms with van der Waals surface area (Å²) in [5.41, 5.74) is 5.65. The normalized spacial score (nSPS) is 20.4. The van der Waals surface area contributed by atoms with Crippen molar-refractivity contribution >= 4 is 5.91 Å². The molecule has 1 unspecified atom stereocenters. The standard InChI is InChI=1S/C10H17N3O/c1-8(6-11)7-13-9(14)5-10(12)3-2-4-10/h8H,2-5,7,12H2,1H3,(H,13,14). The highest BCUT2D eigenvalue weighted by molar-refractivity contribution is 5.77. The first-order chi connectivity index (χ1) is 6.56. The maximum Gasteiger partial charge on any atom is 0.221 e. The van der Waals surface area contributed by atoms with Crippen LogP contribution in [0.15, 0.2) is 0 Å². The maximum atomic E-state index is 11.4. The number of carbonyl (C=O) groups is 1. The smallest absolute Gasteiger partial charge is 0.221 e. The van der Waals surface area contributed by atoms with Gasteiger partial charge >= 0.3 is 0 Å². The van der Waals surface area contributed by atoms with Gasteiger partial charge < -0.3 is 11.1 Å². The molecule has 0 aromatic rings. The average molecular weight is 195 g/mol. The van der Waals surface area contributed by atoms with Gasteiger partial charge in [0.2, 0.25) is 5.91 Å². The van der Waals surface area contributed by atoms with Gasteiger partial charge in [-0.1, -0.05) is 0 Å². The molecule has 1 aliphatic rings. The van der Waals surface area contributed by atoms with Gasteiger partial charge in [0.15, 0.2) is 0 Å². The number of nitriles is 1. The Morgan fingerprint density at radius 3 is 2.79 bits per heavy atom. The van der Waals surface area contributed by atoms with Crippen LogP contribution in [-0.4, -0.2) is 18.0 Å². The van der Waals surface area contributed by atoms with Crippen LogP contribution < -0.4 is 11.1 Å². The van der Waals surface area contributed by atoms with Crippen LogP contribution in [0.2, 0.25) is 0 Å². The van der Waals surface area contributed by atoms with Crippen molar-refractivity contribution in [1.29, 1.82) is 5.26 Å². The molecule has 0 radical (unpaired) electrons. The van der Waals surface area contributed by atoms with E-state index < -0.39 is 0 Å². The molecule has 0 aromatic carbocycles. The number of nitrogens with one attached hydrogen (secondary N) is 1. The van der Waals surface area contributed by atoms with E-state index >= 15 is 0 Å². The van der Waals surface area contributed by atoms with Crippen LogP contribution in [0.4, 0.5) is 0 Å². The van der Waals surface area contributed by atoms with Crippen molar-refractivity contribution in [1.82, 2.24) is 5.32 Å². The van der Waals surface area contributed by atoms with Gasteiger partial charge in [-0.2, -0.15) is 5.26 Å². The number of nitrogens with zero attached hydrogens (tertiary/aromatic N) is 1. The first kappa shape index (κ1) is 11.0. The molecule has 14 heavy (non-hydrogen) atoms. The van der Waals surface area contributed by atoms with Gasteiger partial charge in [0, 0.05) is 18.5 Å². The van der Waals surface area contributed by atoms with Crippen molar-refractivity contribution in [3.63, 3.8) is 0 Å². The second-order valence-electron chi connectivity index (χ2n) is 4.23. The molecule has 1 fully saturated rings. The fourth-order valence-corrected chi connectivity index (χ4v) is 1.50. The third-order valence-electron chi connectivity index (χ3n) is 2.69. The molecule has 0 heterocycles. The Balaban J connectivity index is 2.20. The minimum atomic E-state index is -0.264. The van der Waals surface area contributed by atoms with Gasteiger partial charge in [0.05, 0.1) is 12.0 Å². The van der Waals surface area contributed by atoms with Gasteiger partial charge in [-0.15, -0.1) is 0 Å². The first-order valence-corrected chi connectivity index (χ1v) is 5.01. The summed E-state index contributed by atoms with van der Waals surface area (Å²) < 4.78 is 0. The summed E-state index contributed by atoms with van der Waals surface area (Å²) in [7, 11) is 0. The van der Waals surface area contributed by atoms with Crippen LogP contribution in [0.25, 0.3) is 0 Å². The SMILES string of the molecule is CC(C#N)CNC(=O)CC1(N)CCC1. The van der Waals surface area contributed by atoms with Gasteiger partial charge in [-0.25, -0.2) is 0 Å². The fourth-order valence-electron chi connectivity index (χ4n) is 1.50. The molecule has 1 amide bonds. The quantitative estimate of drug-likeness (QED) is 0.687. The molecule has 4 nitrogen and oxygen atoms in total. The Kier molecular flexibility index (Phi) is 3.48. The molecule has 0 aliphatic heterocycles. The molecule has 1 aliphatic carbocycles. The molecule has 1 rings (SSSR count). The summed E-state index contributed by atoms with van der Waals surface area (Å²) in [6.07, 6.45) is 3.39. The summed E-state index contributed by atoms with van der Waals surface area (Å²) in [4.78, 5) is 11.4. The molecule has 1 atom stereocenters. The van der Waals surface area contributed by atoms with Crippen LogP contribution in [-0.2, 0) is 4.79 Å². The number of hydrogen-bond donors (Lipinski definition) is 2. The molecule has 0 spiro atoms. The van der Waals surface area contributed by atoms with E-state index in [1.54, 1.807) is 6.92 Å². The molecule has 3 N–H and O–H groups in total. The molecular weight excluding hydrogens is 178 g/mol. The Labute approximate surface area is 84.5 Å². The predicted molar refractivity (Wildman–Crippen MR) is 53.2 cm³/mol. The minimum absolute atomic E-state index is 0.0331. The zero-order valence-electron chi connectivity index (χ0n) is 8.55. The van der Waals surface area contributed by atoms with E-state index in [0.717, 1.165) is 19.3 Å². The van der Waals surface area contributed by atoms with Crippen molar-refractivity contribution in [2.24, 2.45) is 11.7 Å². The van der Waals surface area contributed by atoms with E-state index in [1.165, 1.54) is 0 Å². The van der Waals surface area contributed by atoms with Gasteiger partial charge in [0.25, 0.3) is 0 Å². The third kappa shape index (κ3) is 3.00. The number of nitrogens with two attached hydrogens (primary N) is 1. The fraction of sp³-hybridized carbons (Fsp3) is 0.800. The molecule has 0 aromatic heterocycles. The molecule has 78 valence electrons. The van der Waals surface area contributed by atoms with E-state index in [-0.39, 0.29) is 17.4 Å². The summed E-state index contributed by atoms with van der Waals surface area (Å²) in [6, 6.07) is 2.07. The second-order valence-corrected chi connectivity index (χ2v) is 4.23. The van der Waals surface area contributed by atoms with E-state index in [2.05, 4.69) is 11.4 Å². The van der Waals surface area contributed by atoms with Gasteiger partial charge in [0.1, 0.15) is 0 Å². The lowest BCUT2D eigenvalue weighted by molar-refractivity contribution is -0.123. The summed E-state index contributed by atoms with van der Waals surface area (Å²) in [5, 5.41) is 11.2. The van der Waals surface area contributed by atoms with Crippen molar-refractivity contribution in [2.75, 3.05) is 6.54 Å². The number of hydrogen-bond acceptors (Lipinski definition) is 3. The Hall–Kier alpha value is -1.08. The van der Waals surface area contributed by atoms with Crippen LogP contribution in [0, 0.1) is 17.2 Å². The number of rotatable bonds is 4. The molecule has 1 saturated carbocycles. The van der Waals surface area contributed by atoms with Crippen LogP contribution in [0.1, 0.15) is 32.6 Å². The van der Waals surface area contributed by atoms with Crippen LogP contribution in [0.3, 0.4) is 0 Å². The van der Waals surface area contributed by atoms with E-state index in [0.29, 0.717) is 13.0 Å². The van der Waals surface area contributed by atoms with Gasteiger partial charge in [-0.3, -0.25) is 4.79 Å². The predicted octanol–water partition coefficient (Wildman–Crippen LogP) is 0.534. The lowest BCUT2D eigenvalue weighted by atomic mass is 9.75. The Morgan fingerprint density at radius 2 is 2.36 bits per heavy atom. The third-order valence-corrected chi connectivity index (χ3v) is 2.69. The highest BCUT2D eigenvalue weighted by Crippen LogP contribution is 2.31. The summed E-state index contributed by atoms with van der Waals surface area (Å²) >= 11 is 0. The lowest BCUT2D eigenvalue weighted by Gasteiger charge is -2.37. The van der Waals surface area contributed by atoms with Gasteiger partial charge in [-0.05, 0) is 26.2 Å². The van der Waals surface area contributed by atoms with E-state index in [9.17, 15) is 4.79 Å². The zero-order chi connectivity index (χ0) is 10.6. The molecule has 4 heteroatoms. The Bertz CT molecular complexity index is 253. The maximum absolute atomic E-state index is 11.4. The molecule has 0 bridgehead atoms. The first-order valence-electron chi connectivity index (χ1n) is 5.01. The van der Waals surface area contributed by atoms with Crippen LogP contribution in [0.5, 0.6) is 0 Å². The Morgan fingerprint density at radius 1 is 1.71 bits per heavy atom.